The number of hydrogen-bond donors (Lipinski definition) is 2. The zero-order valence-electron chi connectivity index (χ0n) is 15.6. The lowest BCUT2D eigenvalue weighted by molar-refractivity contribution is 0.168. The summed E-state index contributed by atoms with van der Waals surface area (Å²) in [6.45, 7) is 0. The summed E-state index contributed by atoms with van der Waals surface area (Å²) in [4.78, 5) is 13.4. The second kappa shape index (κ2) is 8.21. The van der Waals surface area contributed by atoms with E-state index in [0.29, 0.717) is 28.7 Å². The smallest absolute Gasteiger partial charge is 0.317 e. The molecule has 1 fully saturated rings. The Kier molecular flexibility index (Phi) is 5.32. The summed E-state index contributed by atoms with van der Waals surface area (Å²) in [6.07, 6.45) is 11.6. The third kappa shape index (κ3) is 3.88. The fourth-order valence-electron chi connectivity index (χ4n) is 3.51. The number of hydrogen-bond acceptors (Lipinski definition) is 7. The van der Waals surface area contributed by atoms with E-state index in [1.54, 1.807) is 30.7 Å². The highest BCUT2D eigenvalue weighted by atomic mass is 16.5. The van der Waals surface area contributed by atoms with E-state index in [-0.39, 0.29) is 11.9 Å². The molecule has 4 rings (SSSR count). The second-order valence-corrected chi connectivity index (χ2v) is 6.94. The molecule has 3 aromatic rings. The van der Waals surface area contributed by atoms with Crippen LogP contribution in [0.4, 0.5) is 5.82 Å². The molecule has 3 aromatic heterocycles. The van der Waals surface area contributed by atoms with Crippen LogP contribution in [0.25, 0.3) is 22.7 Å². The van der Waals surface area contributed by atoms with Crippen LogP contribution in [0.3, 0.4) is 0 Å². The average Bonchev–Trinajstić information content (AvgIpc) is 3.13. The largest absolute Gasteiger partial charge is 0.463 e. The van der Waals surface area contributed by atoms with Crippen LogP contribution in [0, 0.1) is 5.41 Å². The molecular weight excluding hydrogens is 354 g/mol. The number of ether oxygens (including phenoxy) is 1. The molecule has 7 heteroatoms. The number of nitrogen functional groups attached to an aromatic ring is 1. The Bertz CT molecular complexity index is 947. The predicted molar refractivity (Wildman–Crippen MR) is 107 cm³/mol. The Morgan fingerprint density at radius 2 is 1.96 bits per heavy atom. The van der Waals surface area contributed by atoms with Crippen molar-refractivity contribution in [3.63, 3.8) is 0 Å². The molecule has 0 spiro atoms. The number of anilines is 1. The van der Waals surface area contributed by atoms with Crippen LogP contribution in [0.1, 0.15) is 44.1 Å². The van der Waals surface area contributed by atoms with Gasteiger partial charge in [0.25, 0.3) is 0 Å². The molecule has 7 nitrogen and oxygen atoms in total. The maximum atomic E-state index is 7.60. The maximum absolute atomic E-state index is 7.60. The van der Waals surface area contributed by atoms with Gasteiger partial charge in [-0.15, -0.1) is 0 Å². The van der Waals surface area contributed by atoms with Gasteiger partial charge in [-0.25, -0.2) is 9.97 Å². The van der Waals surface area contributed by atoms with E-state index in [1.165, 1.54) is 31.9 Å². The molecule has 0 bridgehead atoms. The van der Waals surface area contributed by atoms with E-state index < -0.39 is 0 Å². The van der Waals surface area contributed by atoms with Crippen LogP contribution >= 0.6 is 0 Å². The van der Waals surface area contributed by atoms with Gasteiger partial charge < -0.3 is 20.3 Å². The van der Waals surface area contributed by atoms with Crippen LogP contribution in [-0.4, -0.2) is 27.3 Å². The van der Waals surface area contributed by atoms with Crippen molar-refractivity contribution in [1.29, 1.82) is 5.41 Å². The molecule has 0 amide bonds. The van der Waals surface area contributed by atoms with Crippen molar-refractivity contribution in [3.05, 3.63) is 42.3 Å². The summed E-state index contributed by atoms with van der Waals surface area (Å²) < 4.78 is 11.6. The summed E-state index contributed by atoms with van der Waals surface area (Å²) in [5, 5.41) is 7.60. The van der Waals surface area contributed by atoms with Crippen LogP contribution < -0.4 is 10.5 Å². The van der Waals surface area contributed by atoms with Gasteiger partial charge in [-0.3, -0.25) is 0 Å². The summed E-state index contributed by atoms with van der Waals surface area (Å²) >= 11 is 0. The van der Waals surface area contributed by atoms with Crippen LogP contribution in [0.2, 0.25) is 0 Å². The van der Waals surface area contributed by atoms with Crippen molar-refractivity contribution < 1.29 is 9.15 Å². The molecule has 28 heavy (non-hydrogen) atoms. The van der Waals surface area contributed by atoms with Gasteiger partial charge in [0.15, 0.2) is 5.76 Å². The van der Waals surface area contributed by atoms with Crippen molar-refractivity contribution in [2.24, 2.45) is 0 Å². The van der Waals surface area contributed by atoms with Gasteiger partial charge in [0, 0.05) is 23.5 Å². The number of pyridine rings is 1. The minimum atomic E-state index is 0.156. The first kappa shape index (κ1) is 18.2. The first-order valence-electron chi connectivity index (χ1n) is 9.59. The summed E-state index contributed by atoms with van der Waals surface area (Å²) in [5.74, 6) is 0.859. The van der Waals surface area contributed by atoms with Crippen molar-refractivity contribution in [2.45, 2.75) is 44.6 Å². The Morgan fingerprint density at radius 1 is 1.14 bits per heavy atom. The molecule has 1 aliphatic rings. The molecular formula is C21H23N5O2. The number of nitrogens with zero attached hydrogens (tertiary/aromatic N) is 3. The van der Waals surface area contributed by atoms with Crippen LogP contribution in [0.15, 0.2) is 41.1 Å². The predicted octanol–water partition coefficient (Wildman–Crippen LogP) is 4.48. The minimum absolute atomic E-state index is 0.156. The number of nitrogens with two attached hydrogens (primary N) is 1. The van der Waals surface area contributed by atoms with Gasteiger partial charge in [0.2, 0.25) is 0 Å². The average molecular weight is 377 g/mol. The molecule has 0 saturated heterocycles. The summed E-state index contributed by atoms with van der Waals surface area (Å²) in [6, 6.07) is 7.57. The topological polar surface area (TPSA) is 111 Å². The van der Waals surface area contributed by atoms with E-state index in [4.69, 9.17) is 20.3 Å². The number of aromatic nitrogens is 3. The monoisotopic (exact) mass is 377 g/mol. The number of furan rings is 1. The summed E-state index contributed by atoms with van der Waals surface area (Å²) in [7, 11) is 0. The fourth-order valence-corrected chi connectivity index (χ4v) is 3.51. The van der Waals surface area contributed by atoms with Gasteiger partial charge in [0.05, 0.1) is 12.0 Å². The normalized spacial score (nSPS) is 15.1. The van der Waals surface area contributed by atoms with Crippen molar-refractivity contribution in [2.75, 3.05) is 5.73 Å². The molecule has 144 valence electrons. The Labute approximate surface area is 163 Å². The number of rotatable bonds is 5. The Balaban J connectivity index is 1.71. The van der Waals surface area contributed by atoms with Crippen LogP contribution in [0.5, 0.6) is 6.01 Å². The molecule has 0 aromatic carbocycles. The van der Waals surface area contributed by atoms with Crippen molar-refractivity contribution >= 4 is 12.0 Å². The van der Waals surface area contributed by atoms with E-state index in [2.05, 4.69) is 15.0 Å². The van der Waals surface area contributed by atoms with Gasteiger partial charge in [0.1, 0.15) is 17.6 Å². The zero-order chi connectivity index (χ0) is 19.3. The zero-order valence-corrected chi connectivity index (χ0v) is 15.6. The molecule has 0 unspecified atom stereocenters. The molecule has 3 N–H and O–H groups in total. The lowest BCUT2D eigenvalue weighted by Crippen LogP contribution is -2.16. The van der Waals surface area contributed by atoms with Gasteiger partial charge in [-0.1, -0.05) is 12.8 Å². The lowest BCUT2D eigenvalue weighted by atomic mass is 10.1. The number of nitrogens with one attached hydrogen (secondary N) is 1. The first-order chi connectivity index (χ1) is 13.7. The Hall–Kier alpha value is -3.22. The molecule has 0 aliphatic heterocycles. The van der Waals surface area contributed by atoms with E-state index in [1.807, 2.05) is 6.07 Å². The van der Waals surface area contributed by atoms with E-state index >= 15 is 0 Å². The van der Waals surface area contributed by atoms with Crippen molar-refractivity contribution in [3.8, 4) is 28.7 Å². The molecule has 1 aliphatic carbocycles. The van der Waals surface area contributed by atoms with Crippen molar-refractivity contribution in [1.82, 2.24) is 15.0 Å². The standard InChI is InChI=1S/C21H23N5O2/c22-13-14-12-16(19(26-20(14)23)18-8-5-11-27-18)17-9-10-24-21(25-17)28-15-6-3-1-2-4-7-15/h5,8-13,15,22H,1-4,6-7H2,(H2,23,26). The Morgan fingerprint density at radius 3 is 2.68 bits per heavy atom. The summed E-state index contributed by atoms with van der Waals surface area (Å²) in [5.41, 5.74) is 8.46. The quantitative estimate of drug-likeness (QED) is 0.501. The highest BCUT2D eigenvalue weighted by Gasteiger charge is 2.18. The molecule has 3 heterocycles. The molecule has 0 radical (unpaired) electrons. The van der Waals surface area contributed by atoms with Gasteiger partial charge >= 0.3 is 6.01 Å². The first-order valence-corrected chi connectivity index (χ1v) is 9.59. The highest BCUT2D eigenvalue weighted by molar-refractivity contribution is 5.89. The lowest BCUT2D eigenvalue weighted by Gasteiger charge is -2.16. The fraction of sp³-hybridized carbons (Fsp3) is 0.333. The minimum Gasteiger partial charge on any atom is -0.463 e. The van der Waals surface area contributed by atoms with E-state index in [9.17, 15) is 0 Å². The highest BCUT2D eigenvalue weighted by Crippen LogP contribution is 2.33. The third-order valence-electron chi connectivity index (χ3n) is 4.98. The van der Waals surface area contributed by atoms with E-state index in [0.717, 1.165) is 18.4 Å². The molecule has 0 atom stereocenters. The SMILES string of the molecule is N=Cc1cc(-c2ccnc(OC3CCCCCC3)n2)c(-c2ccco2)nc1N. The second-order valence-electron chi connectivity index (χ2n) is 6.94. The third-order valence-corrected chi connectivity index (χ3v) is 4.98. The molecule has 1 saturated carbocycles. The van der Waals surface area contributed by atoms with Gasteiger partial charge in [-0.05, 0) is 49.9 Å². The van der Waals surface area contributed by atoms with Crippen LogP contribution in [-0.2, 0) is 0 Å². The van der Waals surface area contributed by atoms with Gasteiger partial charge in [-0.2, -0.15) is 4.98 Å². The maximum Gasteiger partial charge on any atom is 0.317 e.